The third-order valence-corrected chi connectivity index (χ3v) is 7.07. The SMILES string of the molecule is C=CC(=O)OC(CCCCC)COc1c2ccccc2c(OCC(CCCCC)OC(=O)C=C)c2cc(C)ccc12. The lowest BCUT2D eigenvalue weighted by Crippen LogP contribution is -2.25. The van der Waals surface area contributed by atoms with Crippen molar-refractivity contribution in [1.29, 1.82) is 0 Å². The van der Waals surface area contributed by atoms with Crippen LogP contribution in [0, 0.1) is 6.92 Å². The predicted molar refractivity (Wildman–Crippen MR) is 166 cm³/mol. The highest BCUT2D eigenvalue weighted by molar-refractivity contribution is 6.11. The van der Waals surface area contributed by atoms with Crippen LogP contribution in [0.5, 0.6) is 11.5 Å². The molecule has 0 aliphatic carbocycles. The molecule has 2 unspecified atom stereocenters. The normalized spacial score (nSPS) is 12.5. The summed E-state index contributed by atoms with van der Waals surface area (Å²) < 4.78 is 24.2. The lowest BCUT2D eigenvalue weighted by atomic mass is 9.99. The van der Waals surface area contributed by atoms with Gasteiger partial charge >= 0.3 is 11.9 Å². The predicted octanol–water partition coefficient (Wildman–Crippen LogP) is 8.42. The summed E-state index contributed by atoms with van der Waals surface area (Å²) >= 11 is 0. The van der Waals surface area contributed by atoms with E-state index in [2.05, 4.69) is 33.1 Å². The van der Waals surface area contributed by atoms with Crippen molar-refractivity contribution in [3.63, 3.8) is 0 Å². The summed E-state index contributed by atoms with van der Waals surface area (Å²) in [4.78, 5) is 24.0. The van der Waals surface area contributed by atoms with E-state index in [0.717, 1.165) is 77.1 Å². The van der Waals surface area contributed by atoms with Crippen molar-refractivity contribution < 1.29 is 28.5 Å². The van der Waals surface area contributed by atoms with Gasteiger partial charge in [0.05, 0.1) is 0 Å². The average Bonchev–Trinajstić information content (AvgIpc) is 2.98. The van der Waals surface area contributed by atoms with Crippen LogP contribution in [-0.4, -0.2) is 37.4 Å². The second-order valence-corrected chi connectivity index (χ2v) is 10.4. The number of benzene rings is 3. The molecule has 2 atom stereocenters. The van der Waals surface area contributed by atoms with E-state index < -0.39 is 11.9 Å². The first-order chi connectivity index (χ1) is 19.9. The molecular weight excluding hydrogens is 516 g/mol. The molecule has 6 nitrogen and oxygen atoms in total. The zero-order valence-electron chi connectivity index (χ0n) is 24.8. The number of rotatable bonds is 18. The van der Waals surface area contributed by atoms with E-state index in [-0.39, 0.29) is 25.4 Å². The van der Waals surface area contributed by atoms with Crippen LogP contribution in [0.4, 0.5) is 0 Å². The second-order valence-electron chi connectivity index (χ2n) is 10.4. The van der Waals surface area contributed by atoms with Crippen molar-refractivity contribution in [2.45, 2.75) is 84.3 Å². The number of aryl methyl sites for hydroxylation is 1. The van der Waals surface area contributed by atoms with Crippen molar-refractivity contribution in [2.75, 3.05) is 13.2 Å². The van der Waals surface area contributed by atoms with Crippen LogP contribution in [0.25, 0.3) is 21.5 Å². The molecule has 0 fully saturated rings. The van der Waals surface area contributed by atoms with E-state index in [1.54, 1.807) is 0 Å². The molecule has 3 rings (SSSR count). The molecule has 0 aliphatic rings. The van der Waals surface area contributed by atoms with Gasteiger partial charge in [0.25, 0.3) is 0 Å². The molecule has 0 N–H and O–H groups in total. The Labute approximate surface area is 244 Å². The fourth-order valence-corrected chi connectivity index (χ4v) is 4.90. The summed E-state index contributed by atoms with van der Waals surface area (Å²) in [6, 6.07) is 14.1. The Morgan fingerprint density at radius 1 is 0.707 bits per heavy atom. The Balaban J connectivity index is 1.98. The van der Waals surface area contributed by atoms with Gasteiger partial charge in [0.1, 0.15) is 36.9 Å². The smallest absolute Gasteiger partial charge is 0.330 e. The number of unbranched alkanes of at least 4 members (excludes halogenated alkanes) is 4. The van der Waals surface area contributed by atoms with Crippen LogP contribution in [0.1, 0.15) is 70.8 Å². The van der Waals surface area contributed by atoms with Crippen LogP contribution in [-0.2, 0) is 19.1 Å². The van der Waals surface area contributed by atoms with E-state index in [1.165, 1.54) is 12.2 Å². The van der Waals surface area contributed by atoms with E-state index in [4.69, 9.17) is 18.9 Å². The van der Waals surface area contributed by atoms with Crippen LogP contribution >= 0.6 is 0 Å². The van der Waals surface area contributed by atoms with Gasteiger partial charge in [0.15, 0.2) is 0 Å². The van der Waals surface area contributed by atoms with Gasteiger partial charge in [0.2, 0.25) is 0 Å². The summed E-state index contributed by atoms with van der Waals surface area (Å²) in [6.07, 6.45) is 9.19. The standard InChI is InChI=1S/C35H44O6/c1-6-10-12-16-26(40-32(36)8-3)23-38-34-28-18-14-15-19-29(28)35(31-22-25(5)20-21-30(31)34)39-24-27(17-13-11-7-2)41-33(37)9-4/h8-9,14-15,18-22,26-27H,3-4,6-7,10-13,16-17,23-24H2,1-2,5H3. The lowest BCUT2D eigenvalue weighted by molar-refractivity contribution is -0.145. The van der Waals surface area contributed by atoms with Gasteiger partial charge in [-0.1, -0.05) is 94.7 Å². The first-order valence-electron chi connectivity index (χ1n) is 14.8. The maximum atomic E-state index is 12.0. The lowest BCUT2D eigenvalue weighted by Gasteiger charge is -2.23. The Kier molecular flexibility index (Phi) is 12.7. The van der Waals surface area contributed by atoms with Gasteiger partial charge in [-0.3, -0.25) is 0 Å². The third-order valence-electron chi connectivity index (χ3n) is 7.07. The molecule has 0 bridgehead atoms. The van der Waals surface area contributed by atoms with Crippen molar-refractivity contribution in [2.24, 2.45) is 0 Å². The molecule has 0 amide bonds. The molecule has 0 spiro atoms. The fourth-order valence-electron chi connectivity index (χ4n) is 4.90. The minimum Gasteiger partial charge on any atom is -0.488 e. The van der Waals surface area contributed by atoms with Crippen molar-refractivity contribution >= 4 is 33.5 Å². The van der Waals surface area contributed by atoms with Gasteiger partial charge < -0.3 is 18.9 Å². The molecule has 0 radical (unpaired) electrons. The molecule has 3 aromatic rings. The van der Waals surface area contributed by atoms with Crippen LogP contribution in [0.2, 0.25) is 0 Å². The molecule has 0 aromatic heterocycles. The van der Waals surface area contributed by atoms with Gasteiger partial charge in [-0.05, 0) is 38.7 Å². The number of fused-ring (bicyclic) bond motifs is 2. The van der Waals surface area contributed by atoms with Crippen LogP contribution in [0.15, 0.2) is 67.8 Å². The molecule has 6 heteroatoms. The molecule has 0 aliphatic heterocycles. The van der Waals surface area contributed by atoms with Gasteiger partial charge in [0, 0.05) is 33.7 Å². The molecule has 220 valence electrons. The van der Waals surface area contributed by atoms with E-state index in [0.29, 0.717) is 12.8 Å². The number of hydrogen-bond acceptors (Lipinski definition) is 6. The zero-order valence-corrected chi connectivity index (χ0v) is 24.8. The highest BCUT2D eigenvalue weighted by Gasteiger charge is 2.21. The number of ether oxygens (including phenoxy) is 4. The second kappa shape index (κ2) is 16.5. The number of carbonyl (C=O) groups excluding carboxylic acids is 2. The minimum absolute atomic E-state index is 0.230. The summed E-state index contributed by atoms with van der Waals surface area (Å²) in [5, 5.41) is 3.60. The monoisotopic (exact) mass is 560 g/mol. The quantitative estimate of drug-likeness (QED) is 0.0673. The van der Waals surface area contributed by atoms with Crippen molar-refractivity contribution in [3.8, 4) is 11.5 Å². The van der Waals surface area contributed by atoms with E-state index >= 15 is 0 Å². The number of esters is 2. The Bertz CT molecular complexity index is 1330. The summed E-state index contributed by atoms with van der Waals surface area (Å²) in [5.41, 5.74) is 1.08. The largest absolute Gasteiger partial charge is 0.488 e. The molecule has 41 heavy (non-hydrogen) atoms. The first-order valence-corrected chi connectivity index (χ1v) is 14.8. The zero-order chi connectivity index (χ0) is 29.6. The van der Waals surface area contributed by atoms with Crippen LogP contribution < -0.4 is 9.47 Å². The minimum atomic E-state index is -0.449. The first kappa shape index (κ1) is 31.7. The topological polar surface area (TPSA) is 71.1 Å². The van der Waals surface area contributed by atoms with E-state index in [9.17, 15) is 9.59 Å². The molecule has 3 aromatic carbocycles. The molecule has 0 saturated heterocycles. The summed E-state index contributed by atoms with van der Waals surface area (Å²) in [7, 11) is 0. The molecular formula is C35H44O6. The summed E-state index contributed by atoms with van der Waals surface area (Å²) in [6.45, 7) is 13.9. The van der Waals surface area contributed by atoms with Crippen LogP contribution in [0.3, 0.4) is 0 Å². The Morgan fingerprint density at radius 2 is 1.17 bits per heavy atom. The van der Waals surface area contributed by atoms with Gasteiger partial charge in [-0.15, -0.1) is 0 Å². The molecule has 0 saturated carbocycles. The highest BCUT2D eigenvalue weighted by Crippen LogP contribution is 2.43. The van der Waals surface area contributed by atoms with Crippen molar-refractivity contribution in [3.05, 3.63) is 73.3 Å². The number of carbonyl (C=O) groups is 2. The molecule has 0 heterocycles. The van der Waals surface area contributed by atoms with Gasteiger partial charge in [-0.2, -0.15) is 0 Å². The Morgan fingerprint density at radius 3 is 1.63 bits per heavy atom. The van der Waals surface area contributed by atoms with E-state index in [1.807, 2.05) is 43.3 Å². The fraction of sp³-hybridized carbons (Fsp3) is 0.429. The van der Waals surface area contributed by atoms with Gasteiger partial charge in [-0.25, -0.2) is 9.59 Å². The highest BCUT2D eigenvalue weighted by atomic mass is 16.6. The maximum Gasteiger partial charge on any atom is 0.330 e. The van der Waals surface area contributed by atoms with Crippen molar-refractivity contribution in [1.82, 2.24) is 0 Å². The number of hydrogen-bond donors (Lipinski definition) is 0. The average molecular weight is 561 g/mol. The Hall–Kier alpha value is -3.80. The maximum absolute atomic E-state index is 12.0. The third kappa shape index (κ3) is 9.10. The summed E-state index contributed by atoms with van der Waals surface area (Å²) in [5.74, 6) is 0.542.